The quantitative estimate of drug-likeness (QED) is 0.215. The summed E-state index contributed by atoms with van der Waals surface area (Å²) >= 11 is 7.44. The Kier molecular flexibility index (Phi) is 6.06. The number of ether oxygens (including phenoxy) is 1. The van der Waals surface area contributed by atoms with Crippen LogP contribution in [0.25, 0.3) is 0 Å². The summed E-state index contributed by atoms with van der Waals surface area (Å²) in [5, 5.41) is 0. The van der Waals surface area contributed by atoms with Gasteiger partial charge in [0, 0.05) is 28.3 Å². The molecule has 7 nitrogen and oxygen atoms in total. The van der Waals surface area contributed by atoms with Crippen LogP contribution in [0.2, 0.25) is 0 Å². The second-order valence-electron chi connectivity index (χ2n) is 10.6. The van der Waals surface area contributed by atoms with Crippen molar-refractivity contribution in [2.24, 2.45) is 29.6 Å². The minimum atomic E-state index is -0.571. The van der Waals surface area contributed by atoms with E-state index in [0.29, 0.717) is 17.0 Å². The van der Waals surface area contributed by atoms with E-state index in [9.17, 15) is 19.2 Å². The summed E-state index contributed by atoms with van der Waals surface area (Å²) < 4.78 is 5.64. The summed E-state index contributed by atoms with van der Waals surface area (Å²) in [6.45, 7) is 4.00. The van der Waals surface area contributed by atoms with Gasteiger partial charge in [-0.2, -0.15) is 0 Å². The van der Waals surface area contributed by atoms with Gasteiger partial charge >= 0.3 is 5.97 Å². The van der Waals surface area contributed by atoms with Gasteiger partial charge in [-0.1, -0.05) is 50.1 Å². The van der Waals surface area contributed by atoms with Crippen LogP contribution in [-0.2, 0) is 19.2 Å². The van der Waals surface area contributed by atoms with Crippen molar-refractivity contribution in [3.05, 3.63) is 53.6 Å². The Bertz CT molecular complexity index is 1310. The molecule has 2 aromatic carbocycles. The zero-order chi connectivity index (χ0) is 26.2. The van der Waals surface area contributed by atoms with Gasteiger partial charge in [0.2, 0.25) is 17.7 Å². The fraction of sp³-hybridized carbons (Fsp3) is 0.429. The van der Waals surface area contributed by atoms with Gasteiger partial charge in [0.15, 0.2) is 0 Å². The second kappa shape index (κ2) is 9.05. The molecular formula is C28H26Br2N2O5. The molecule has 2 bridgehead atoms. The zero-order valence-electron chi connectivity index (χ0n) is 20.4. The predicted octanol–water partition coefficient (Wildman–Crippen LogP) is 4.54. The standard InChI is InChI=1S/C28H26Br2N2O5/c1-13-5-3-4-6-19(13)31-12-15(10-21(31)33)28(36)37-16-7-8-20(14(2)9-16)32-26(34)22-17-11-18(23(22)27(32)35)25(30)24(17)29/h3-9,15,17-18,22-25H,10-12H2,1-2H3/t15-,17-,18-,22-,23+,24-,25+/m1/s1. The van der Waals surface area contributed by atoms with E-state index in [-0.39, 0.29) is 64.0 Å². The molecule has 2 aliphatic carbocycles. The van der Waals surface area contributed by atoms with Gasteiger partial charge in [0.05, 0.1) is 23.4 Å². The van der Waals surface area contributed by atoms with Crippen LogP contribution in [0.3, 0.4) is 0 Å². The Hall–Kier alpha value is -2.52. The molecular weight excluding hydrogens is 604 g/mol. The highest BCUT2D eigenvalue weighted by Gasteiger charge is 2.66. The first kappa shape index (κ1) is 24.8. The van der Waals surface area contributed by atoms with Crippen LogP contribution < -0.4 is 14.5 Å². The number of imide groups is 1. The van der Waals surface area contributed by atoms with Gasteiger partial charge in [0.25, 0.3) is 0 Å². The largest absolute Gasteiger partial charge is 0.426 e. The lowest BCUT2D eigenvalue weighted by atomic mass is 9.81. The average Bonchev–Trinajstić information content (AvgIpc) is 3.58. The lowest BCUT2D eigenvalue weighted by Crippen LogP contribution is -2.37. The lowest BCUT2D eigenvalue weighted by Gasteiger charge is -2.28. The number of esters is 1. The van der Waals surface area contributed by atoms with E-state index in [2.05, 4.69) is 31.9 Å². The molecule has 6 rings (SSSR count). The van der Waals surface area contributed by atoms with Crippen LogP contribution in [0, 0.1) is 43.4 Å². The highest BCUT2D eigenvalue weighted by molar-refractivity contribution is 9.12. The Morgan fingerprint density at radius 2 is 1.54 bits per heavy atom. The normalized spacial score (nSPS) is 32.4. The van der Waals surface area contributed by atoms with E-state index >= 15 is 0 Å². The van der Waals surface area contributed by atoms with Crippen LogP contribution in [0.1, 0.15) is 24.0 Å². The molecule has 2 heterocycles. The minimum absolute atomic E-state index is 0.0925. The Morgan fingerprint density at radius 3 is 2.16 bits per heavy atom. The first-order valence-corrected chi connectivity index (χ1v) is 14.3. The Balaban J connectivity index is 1.17. The summed E-state index contributed by atoms with van der Waals surface area (Å²) in [5.41, 5.74) is 2.98. The molecule has 4 fully saturated rings. The molecule has 0 aromatic heterocycles. The van der Waals surface area contributed by atoms with Crippen LogP contribution in [0.5, 0.6) is 5.75 Å². The zero-order valence-corrected chi connectivity index (χ0v) is 23.6. The second-order valence-corrected chi connectivity index (χ2v) is 12.7. The third kappa shape index (κ3) is 3.80. The highest BCUT2D eigenvalue weighted by Crippen LogP contribution is 2.60. The number of carbonyl (C=O) groups excluding carboxylic acids is 4. The molecule has 3 amide bonds. The van der Waals surface area contributed by atoms with Gasteiger partial charge in [-0.25, -0.2) is 4.90 Å². The van der Waals surface area contributed by atoms with Crippen molar-refractivity contribution in [1.82, 2.24) is 0 Å². The number of amides is 3. The maximum Gasteiger partial charge on any atom is 0.316 e. The molecule has 37 heavy (non-hydrogen) atoms. The molecule has 0 N–H and O–H groups in total. The van der Waals surface area contributed by atoms with Crippen molar-refractivity contribution in [2.45, 2.75) is 36.3 Å². The van der Waals surface area contributed by atoms with E-state index in [4.69, 9.17) is 4.74 Å². The molecule has 7 atom stereocenters. The number of benzene rings is 2. The smallest absolute Gasteiger partial charge is 0.316 e. The van der Waals surface area contributed by atoms with Crippen LogP contribution >= 0.6 is 31.9 Å². The predicted molar refractivity (Wildman–Crippen MR) is 145 cm³/mol. The van der Waals surface area contributed by atoms with Gasteiger partial charge in [-0.05, 0) is 67.5 Å². The van der Waals surface area contributed by atoms with Crippen molar-refractivity contribution in [3.8, 4) is 5.75 Å². The number of carbonyl (C=O) groups is 4. The van der Waals surface area contributed by atoms with Gasteiger partial charge in [0.1, 0.15) is 5.75 Å². The maximum absolute atomic E-state index is 13.4. The number of para-hydroxylation sites is 1. The summed E-state index contributed by atoms with van der Waals surface area (Å²) in [6, 6.07) is 12.5. The van der Waals surface area contributed by atoms with E-state index in [1.54, 1.807) is 30.0 Å². The summed E-state index contributed by atoms with van der Waals surface area (Å²) in [4.78, 5) is 55.6. The Morgan fingerprint density at radius 1 is 0.892 bits per heavy atom. The first-order valence-electron chi connectivity index (χ1n) is 12.5. The number of hydrogen-bond donors (Lipinski definition) is 0. The molecule has 0 spiro atoms. The summed E-state index contributed by atoms with van der Waals surface area (Å²) in [6.07, 6.45) is 0.973. The van der Waals surface area contributed by atoms with Crippen molar-refractivity contribution < 1.29 is 23.9 Å². The molecule has 0 radical (unpaired) electrons. The van der Waals surface area contributed by atoms with E-state index in [0.717, 1.165) is 17.7 Å². The fourth-order valence-electron chi connectivity index (χ4n) is 6.69. The SMILES string of the molecule is Cc1ccccc1N1C[C@H](C(=O)Oc2ccc(N3C(=O)[C@@H]4[C@H]5C[C@@H]([C@H](Br)[C@@H]5Br)[C@@H]4C3=O)c(C)c2)CC1=O. The van der Waals surface area contributed by atoms with Crippen LogP contribution in [0.15, 0.2) is 42.5 Å². The molecule has 2 saturated heterocycles. The number of hydrogen-bond acceptors (Lipinski definition) is 5. The number of anilines is 2. The highest BCUT2D eigenvalue weighted by atomic mass is 79.9. The fourth-order valence-corrected chi connectivity index (χ4v) is 8.57. The lowest BCUT2D eigenvalue weighted by molar-refractivity contribution is -0.139. The number of aryl methyl sites for hydroxylation is 2. The van der Waals surface area contributed by atoms with Gasteiger partial charge in [-0.15, -0.1) is 0 Å². The number of fused-ring (bicyclic) bond motifs is 5. The minimum Gasteiger partial charge on any atom is -0.426 e. The van der Waals surface area contributed by atoms with E-state index in [1.807, 2.05) is 31.2 Å². The monoisotopic (exact) mass is 628 g/mol. The van der Waals surface area contributed by atoms with E-state index < -0.39 is 11.9 Å². The number of halogens is 2. The van der Waals surface area contributed by atoms with Gasteiger partial charge < -0.3 is 9.64 Å². The average molecular weight is 630 g/mol. The molecule has 4 aliphatic rings. The molecule has 2 saturated carbocycles. The number of alkyl halides is 2. The molecule has 2 aliphatic heterocycles. The van der Waals surface area contributed by atoms with Gasteiger partial charge in [-0.3, -0.25) is 19.2 Å². The Labute approximate surface area is 231 Å². The topological polar surface area (TPSA) is 84.0 Å². The van der Waals surface area contributed by atoms with Crippen molar-refractivity contribution in [2.75, 3.05) is 16.3 Å². The maximum atomic E-state index is 13.4. The van der Waals surface area contributed by atoms with Crippen molar-refractivity contribution >= 4 is 66.9 Å². The van der Waals surface area contributed by atoms with Crippen molar-refractivity contribution in [1.29, 1.82) is 0 Å². The van der Waals surface area contributed by atoms with Crippen LogP contribution in [0.4, 0.5) is 11.4 Å². The number of nitrogens with zero attached hydrogens (tertiary/aromatic N) is 2. The summed E-state index contributed by atoms with van der Waals surface area (Å²) in [5.74, 6) is -1.38. The third-order valence-electron chi connectivity index (χ3n) is 8.48. The van der Waals surface area contributed by atoms with Crippen molar-refractivity contribution in [3.63, 3.8) is 0 Å². The molecule has 192 valence electrons. The molecule has 9 heteroatoms. The number of rotatable bonds is 4. The first-order chi connectivity index (χ1) is 17.7. The van der Waals surface area contributed by atoms with E-state index in [1.165, 1.54) is 4.90 Å². The van der Waals surface area contributed by atoms with Crippen LogP contribution in [-0.4, -0.2) is 39.9 Å². The third-order valence-corrected chi connectivity index (χ3v) is 11.7. The molecule has 0 unspecified atom stereocenters. The molecule has 2 aromatic rings. The summed E-state index contributed by atoms with van der Waals surface area (Å²) in [7, 11) is 0.